The molecule has 33 heavy (non-hydrogen) atoms. The van der Waals surface area contributed by atoms with Crippen molar-refractivity contribution in [3.63, 3.8) is 0 Å². The molecule has 0 heterocycles. The van der Waals surface area contributed by atoms with Gasteiger partial charge in [0.1, 0.15) is 12.4 Å². The van der Waals surface area contributed by atoms with Crippen LogP contribution in [0.3, 0.4) is 0 Å². The zero-order valence-corrected chi connectivity index (χ0v) is 18.6. The van der Waals surface area contributed by atoms with Gasteiger partial charge in [-0.05, 0) is 49.6 Å². The molecule has 0 saturated heterocycles. The Labute approximate surface area is 191 Å². The van der Waals surface area contributed by atoms with E-state index in [2.05, 4.69) is 4.74 Å². The van der Waals surface area contributed by atoms with Gasteiger partial charge in [0, 0.05) is 19.6 Å². The predicted octanol–water partition coefficient (Wildman–Crippen LogP) is 5.91. The average Bonchev–Trinajstić information content (AvgIpc) is 2.80. The van der Waals surface area contributed by atoms with E-state index in [1.54, 1.807) is 0 Å². The van der Waals surface area contributed by atoms with Gasteiger partial charge in [-0.3, -0.25) is 4.79 Å². The summed E-state index contributed by atoms with van der Waals surface area (Å²) in [5.74, 6) is -1.91. The summed E-state index contributed by atoms with van der Waals surface area (Å²) in [6.45, 7) is 3.39. The largest absolute Gasteiger partial charge is 0.489 e. The maximum absolute atomic E-state index is 13.4. The summed E-state index contributed by atoms with van der Waals surface area (Å²) >= 11 is 0. The summed E-state index contributed by atoms with van der Waals surface area (Å²) in [6.07, 6.45) is -5.63. The third-order valence-electron chi connectivity index (χ3n) is 4.82. The summed E-state index contributed by atoms with van der Waals surface area (Å²) in [5, 5.41) is 0. The van der Waals surface area contributed by atoms with E-state index < -0.39 is 24.0 Å². The fourth-order valence-corrected chi connectivity index (χ4v) is 3.05. The maximum atomic E-state index is 13.4. The molecule has 0 bridgehead atoms. The van der Waals surface area contributed by atoms with Crippen molar-refractivity contribution < 1.29 is 37.0 Å². The van der Waals surface area contributed by atoms with Gasteiger partial charge in [0.15, 0.2) is 5.78 Å². The fourth-order valence-electron chi connectivity index (χ4n) is 3.05. The third-order valence-corrected chi connectivity index (χ3v) is 4.82. The van der Waals surface area contributed by atoms with Gasteiger partial charge in [-0.15, -0.1) is 0 Å². The van der Waals surface area contributed by atoms with Crippen molar-refractivity contribution in [2.24, 2.45) is 0 Å². The van der Waals surface area contributed by atoms with Crippen molar-refractivity contribution in [3.8, 4) is 5.75 Å². The Hall–Kier alpha value is -2.87. The highest BCUT2D eigenvalue weighted by Gasteiger charge is 2.47. The number of unbranched alkanes of at least 4 members (excludes halogenated alkanes) is 3. The monoisotopic (exact) mass is 466 g/mol. The number of benzene rings is 2. The molecule has 0 aliphatic rings. The number of hydrogen-bond acceptors (Lipinski definition) is 5. The van der Waals surface area contributed by atoms with Crippen LogP contribution in [0.1, 0.15) is 54.9 Å². The van der Waals surface area contributed by atoms with Gasteiger partial charge < -0.3 is 14.2 Å². The van der Waals surface area contributed by atoms with Gasteiger partial charge >= 0.3 is 12.1 Å². The van der Waals surface area contributed by atoms with Gasteiger partial charge in [0.25, 0.3) is 6.10 Å². The van der Waals surface area contributed by atoms with Crippen LogP contribution in [0.2, 0.25) is 0 Å². The molecule has 0 unspecified atom stereocenters. The molecule has 0 N–H and O–H groups in total. The maximum Gasteiger partial charge on any atom is 0.432 e. The second-order valence-electron chi connectivity index (χ2n) is 7.45. The zero-order valence-electron chi connectivity index (χ0n) is 18.6. The molecule has 0 aliphatic heterocycles. The van der Waals surface area contributed by atoms with Crippen LogP contribution in [0.4, 0.5) is 13.2 Å². The number of halogens is 3. The van der Waals surface area contributed by atoms with Crippen LogP contribution in [-0.2, 0) is 20.9 Å². The number of esters is 1. The SMILES string of the molecule is CCOCCCCCCC(=O)[C@H](OC(=O)c1ccc(OCc2ccccc2)cc1)C(F)(F)F. The molecule has 180 valence electrons. The number of hydrogen-bond donors (Lipinski definition) is 0. The Morgan fingerprint density at radius 1 is 0.909 bits per heavy atom. The van der Waals surface area contributed by atoms with Gasteiger partial charge in [-0.2, -0.15) is 13.2 Å². The van der Waals surface area contributed by atoms with Crippen LogP contribution >= 0.6 is 0 Å². The van der Waals surface area contributed by atoms with Crippen LogP contribution in [0.25, 0.3) is 0 Å². The molecule has 0 saturated carbocycles. The first-order valence-electron chi connectivity index (χ1n) is 11.0. The van der Waals surface area contributed by atoms with Gasteiger partial charge in [-0.1, -0.05) is 43.2 Å². The third kappa shape index (κ3) is 9.65. The number of alkyl halides is 3. The van der Waals surface area contributed by atoms with Crippen molar-refractivity contribution >= 4 is 11.8 Å². The summed E-state index contributed by atoms with van der Waals surface area (Å²) < 4.78 is 55.4. The lowest BCUT2D eigenvalue weighted by atomic mass is 10.1. The predicted molar refractivity (Wildman–Crippen MR) is 117 cm³/mol. The standard InChI is InChI=1S/C25H29F3O5/c1-2-31-17-9-4-3-8-12-22(29)23(25(26,27)28)33-24(30)20-13-15-21(16-14-20)32-18-19-10-6-5-7-11-19/h5-7,10-11,13-16,23H,2-4,8-9,12,17-18H2,1H3/t23-/m0/s1. The van der Waals surface area contributed by atoms with Crippen LogP contribution in [0, 0.1) is 0 Å². The highest BCUT2D eigenvalue weighted by Crippen LogP contribution is 2.26. The van der Waals surface area contributed by atoms with E-state index in [9.17, 15) is 22.8 Å². The summed E-state index contributed by atoms with van der Waals surface area (Å²) in [5.41, 5.74) is 0.849. The normalized spacial score (nSPS) is 12.2. The number of ketones is 1. The Morgan fingerprint density at radius 3 is 2.21 bits per heavy atom. The minimum absolute atomic E-state index is 0.0972. The van der Waals surface area contributed by atoms with E-state index in [0.717, 1.165) is 18.4 Å². The zero-order chi connectivity index (χ0) is 24.1. The lowest BCUT2D eigenvalue weighted by molar-refractivity contribution is -0.204. The number of ether oxygens (including phenoxy) is 3. The molecule has 2 aromatic carbocycles. The molecule has 0 aromatic heterocycles. The van der Waals surface area contributed by atoms with E-state index in [0.29, 0.717) is 38.4 Å². The number of Topliss-reactive ketones (excluding diaryl/α,β-unsaturated/α-hetero) is 1. The topological polar surface area (TPSA) is 61.8 Å². The number of rotatable bonds is 14. The van der Waals surface area contributed by atoms with Crippen LogP contribution < -0.4 is 4.74 Å². The first-order valence-corrected chi connectivity index (χ1v) is 11.0. The van der Waals surface area contributed by atoms with Crippen molar-refractivity contribution in [2.45, 2.75) is 57.9 Å². The van der Waals surface area contributed by atoms with Crippen molar-refractivity contribution in [1.82, 2.24) is 0 Å². The molecule has 8 heteroatoms. The number of carbonyl (C=O) groups is 2. The summed E-state index contributed by atoms with van der Waals surface area (Å²) in [7, 11) is 0. The molecule has 0 spiro atoms. The van der Waals surface area contributed by atoms with E-state index in [1.165, 1.54) is 24.3 Å². The molecule has 0 aliphatic carbocycles. The first kappa shape index (κ1) is 26.4. The molecular formula is C25H29F3O5. The first-order chi connectivity index (χ1) is 15.8. The molecule has 2 rings (SSSR count). The minimum Gasteiger partial charge on any atom is -0.489 e. The molecule has 0 fully saturated rings. The molecule has 5 nitrogen and oxygen atoms in total. The van der Waals surface area contributed by atoms with Crippen LogP contribution in [0.5, 0.6) is 5.75 Å². The minimum atomic E-state index is -4.97. The van der Waals surface area contributed by atoms with E-state index >= 15 is 0 Å². The van der Waals surface area contributed by atoms with Crippen molar-refractivity contribution in [1.29, 1.82) is 0 Å². The Balaban J connectivity index is 1.86. The van der Waals surface area contributed by atoms with Gasteiger partial charge in [0.2, 0.25) is 0 Å². The Kier molecular flexibility index (Phi) is 10.9. The Morgan fingerprint density at radius 2 is 1.58 bits per heavy atom. The fraction of sp³-hybridized carbons (Fsp3) is 0.440. The summed E-state index contributed by atoms with van der Waals surface area (Å²) in [4.78, 5) is 24.4. The van der Waals surface area contributed by atoms with E-state index in [4.69, 9.17) is 9.47 Å². The molecular weight excluding hydrogens is 437 g/mol. The van der Waals surface area contributed by atoms with Gasteiger partial charge in [-0.25, -0.2) is 4.79 Å². The van der Waals surface area contributed by atoms with Crippen LogP contribution in [0.15, 0.2) is 54.6 Å². The van der Waals surface area contributed by atoms with Crippen molar-refractivity contribution in [2.75, 3.05) is 13.2 Å². The molecule has 2 aromatic rings. The molecule has 0 amide bonds. The Bertz CT molecular complexity index is 851. The summed E-state index contributed by atoms with van der Waals surface area (Å²) in [6, 6.07) is 14.9. The second-order valence-corrected chi connectivity index (χ2v) is 7.45. The highest BCUT2D eigenvalue weighted by atomic mass is 19.4. The lowest BCUT2D eigenvalue weighted by Crippen LogP contribution is -2.40. The number of carbonyl (C=O) groups excluding carboxylic acids is 2. The molecule has 0 radical (unpaired) electrons. The van der Waals surface area contributed by atoms with Crippen LogP contribution in [-0.4, -0.2) is 37.2 Å². The quantitative estimate of drug-likeness (QED) is 0.256. The van der Waals surface area contributed by atoms with E-state index in [1.807, 2.05) is 37.3 Å². The molecule has 1 atom stereocenters. The second kappa shape index (κ2) is 13.6. The van der Waals surface area contributed by atoms with Crippen molar-refractivity contribution in [3.05, 3.63) is 65.7 Å². The van der Waals surface area contributed by atoms with E-state index in [-0.39, 0.29) is 12.0 Å². The van der Waals surface area contributed by atoms with Gasteiger partial charge in [0.05, 0.1) is 5.56 Å². The highest BCUT2D eigenvalue weighted by molar-refractivity contribution is 5.93. The lowest BCUT2D eigenvalue weighted by Gasteiger charge is -2.19. The average molecular weight is 466 g/mol. The smallest absolute Gasteiger partial charge is 0.432 e.